The Morgan fingerprint density at radius 1 is 1.00 bits per heavy atom. The predicted octanol–water partition coefficient (Wildman–Crippen LogP) is 3.12. The Balaban J connectivity index is 1.82. The Kier molecular flexibility index (Phi) is 5.78. The topological polar surface area (TPSA) is 41.5 Å². The number of ether oxygens (including phenoxy) is 1. The number of aliphatic hydroxyl groups excluding tert-OH is 1. The monoisotopic (exact) mass is 285 g/mol. The van der Waals surface area contributed by atoms with Gasteiger partial charge in [-0.3, -0.25) is 0 Å². The second-order valence-electron chi connectivity index (χ2n) is 5.26. The smallest absolute Gasteiger partial charge is 0.119 e. The molecule has 0 saturated heterocycles. The lowest BCUT2D eigenvalue weighted by Crippen LogP contribution is -2.25. The molecule has 3 heteroatoms. The Hall–Kier alpha value is -1.84. The van der Waals surface area contributed by atoms with E-state index in [1.807, 2.05) is 30.3 Å². The zero-order valence-corrected chi connectivity index (χ0v) is 12.6. The minimum Gasteiger partial charge on any atom is -0.497 e. The van der Waals surface area contributed by atoms with E-state index in [4.69, 9.17) is 4.74 Å². The molecule has 0 heterocycles. The van der Waals surface area contributed by atoms with E-state index in [1.54, 1.807) is 7.11 Å². The third-order valence-electron chi connectivity index (χ3n) is 3.64. The van der Waals surface area contributed by atoms with E-state index in [2.05, 4.69) is 36.5 Å². The van der Waals surface area contributed by atoms with Crippen molar-refractivity contribution >= 4 is 0 Å². The van der Waals surface area contributed by atoms with Crippen LogP contribution in [0.1, 0.15) is 30.1 Å². The van der Waals surface area contributed by atoms with Crippen molar-refractivity contribution in [3.8, 4) is 5.75 Å². The second kappa shape index (κ2) is 7.81. The van der Waals surface area contributed by atoms with Crippen LogP contribution in [-0.2, 0) is 0 Å². The van der Waals surface area contributed by atoms with Crippen molar-refractivity contribution in [2.24, 2.45) is 0 Å². The predicted molar refractivity (Wildman–Crippen MR) is 85.7 cm³/mol. The minimum absolute atomic E-state index is 0.420. The first-order chi connectivity index (χ1) is 10.2. The molecule has 21 heavy (non-hydrogen) atoms. The summed E-state index contributed by atoms with van der Waals surface area (Å²) in [4.78, 5) is 0. The van der Waals surface area contributed by atoms with Crippen molar-refractivity contribution in [2.75, 3.05) is 20.2 Å². The van der Waals surface area contributed by atoms with Crippen molar-refractivity contribution in [3.63, 3.8) is 0 Å². The lowest BCUT2D eigenvalue weighted by Gasteiger charge is -2.16. The quantitative estimate of drug-likeness (QED) is 0.821. The molecule has 2 aromatic carbocycles. The number of aliphatic hydroxyl groups is 1. The Morgan fingerprint density at radius 3 is 2.43 bits per heavy atom. The summed E-state index contributed by atoms with van der Waals surface area (Å²) in [5, 5.41) is 13.5. The van der Waals surface area contributed by atoms with Crippen molar-refractivity contribution in [1.82, 2.24) is 5.32 Å². The summed E-state index contributed by atoms with van der Waals surface area (Å²) in [6, 6.07) is 17.9. The van der Waals surface area contributed by atoms with Crippen LogP contribution in [0.25, 0.3) is 0 Å². The molecule has 0 saturated carbocycles. The third-order valence-corrected chi connectivity index (χ3v) is 3.64. The van der Waals surface area contributed by atoms with E-state index >= 15 is 0 Å². The maximum absolute atomic E-state index is 10.2. The van der Waals surface area contributed by atoms with Crippen LogP contribution < -0.4 is 10.1 Å². The molecule has 2 aromatic rings. The summed E-state index contributed by atoms with van der Waals surface area (Å²) in [5.74, 6) is 1.19. The molecule has 2 N–H and O–H groups in total. The second-order valence-corrected chi connectivity index (χ2v) is 5.26. The van der Waals surface area contributed by atoms with Crippen molar-refractivity contribution in [1.29, 1.82) is 0 Å². The van der Waals surface area contributed by atoms with Crippen LogP contribution in [-0.4, -0.2) is 25.3 Å². The van der Waals surface area contributed by atoms with Crippen molar-refractivity contribution in [2.45, 2.75) is 18.9 Å². The largest absolute Gasteiger partial charge is 0.497 e. The maximum atomic E-state index is 10.2. The van der Waals surface area contributed by atoms with Crippen LogP contribution in [0.4, 0.5) is 0 Å². The molecule has 0 aliphatic carbocycles. The van der Waals surface area contributed by atoms with E-state index in [0.29, 0.717) is 12.5 Å². The molecular weight excluding hydrogens is 262 g/mol. The SMILES string of the molecule is COc1cccc([C@H](O)CNC[C@H](C)c2ccccc2)c1. The number of hydrogen-bond acceptors (Lipinski definition) is 3. The van der Waals surface area contributed by atoms with Gasteiger partial charge in [0.2, 0.25) is 0 Å². The van der Waals surface area contributed by atoms with Crippen molar-refractivity contribution in [3.05, 3.63) is 65.7 Å². The highest BCUT2D eigenvalue weighted by atomic mass is 16.5. The molecular formula is C18H23NO2. The molecule has 0 spiro atoms. The van der Waals surface area contributed by atoms with Crippen LogP contribution in [0.15, 0.2) is 54.6 Å². The number of methoxy groups -OCH3 is 1. The van der Waals surface area contributed by atoms with E-state index in [9.17, 15) is 5.11 Å². The molecule has 112 valence electrons. The van der Waals surface area contributed by atoms with Gasteiger partial charge in [0, 0.05) is 13.1 Å². The molecule has 0 fully saturated rings. The molecule has 2 atom stereocenters. The molecule has 0 unspecified atom stereocenters. The Morgan fingerprint density at radius 2 is 1.71 bits per heavy atom. The normalized spacial score (nSPS) is 13.7. The third kappa shape index (κ3) is 4.59. The van der Waals surface area contributed by atoms with Crippen molar-refractivity contribution < 1.29 is 9.84 Å². The van der Waals surface area contributed by atoms with Crippen LogP contribution >= 0.6 is 0 Å². The summed E-state index contributed by atoms with van der Waals surface area (Å²) in [6.07, 6.45) is -0.525. The first-order valence-corrected chi connectivity index (χ1v) is 7.28. The van der Waals surface area contributed by atoms with E-state index < -0.39 is 6.10 Å². The van der Waals surface area contributed by atoms with E-state index in [1.165, 1.54) is 5.56 Å². The standard InChI is InChI=1S/C18H23NO2/c1-14(15-7-4-3-5-8-15)12-19-13-18(20)16-9-6-10-17(11-16)21-2/h3-11,14,18-20H,12-13H2,1-2H3/t14-,18+/m0/s1. The molecule has 0 aromatic heterocycles. The fraction of sp³-hybridized carbons (Fsp3) is 0.333. The van der Waals surface area contributed by atoms with Gasteiger partial charge in [0.1, 0.15) is 5.75 Å². The lowest BCUT2D eigenvalue weighted by atomic mass is 10.0. The summed E-state index contributed by atoms with van der Waals surface area (Å²) < 4.78 is 5.17. The highest BCUT2D eigenvalue weighted by Gasteiger charge is 2.10. The summed E-state index contributed by atoms with van der Waals surface area (Å²) in [6.45, 7) is 3.55. The average Bonchev–Trinajstić information content (AvgIpc) is 2.55. The Labute approximate surface area is 126 Å². The molecule has 0 aliphatic heterocycles. The fourth-order valence-corrected chi connectivity index (χ4v) is 2.30. The highest BCUT2D eigenvalue weighted by molar-refractivity contribution is 5.30. The van der Waals surface area contributed by atoms with Gasteiger partial charge in [0.15, 0.2) is 0 Å². The van der Waals surface area contributed by atoms with Gasteiger partial charge in [-0.15, -0.1) is 0 Å². The molecule has 0 bridgehead atoms. The molecule has 2 rings (SSSR count). The maximum Gasteiger partial charge on any atom is 0.119 e. The van der Waals surface area contributed by atoms with Gasteiger partial charge >= 0.3 is 0 Å². The van der Waals surface area contributed by atoms with Gasteiger partial charge in [-0.1, -0.05) is 49.4 Å². The average molecular weight is 285 g/mol. The van der Waals surface area contributed by atoms with Crippen LogP contribution in [0.2, 0.25) is 0 Å². The number of rotatable bonds is 7. The highest BCUT2D eigenvalue weighted by Crippen LogP contribution is 2.19. The fourth-order valence-electron chi connectivity index (χ4n) is 2.30. The minimum atomic E-state index is -0.525. The van der Waals surface area contributed by atoms with Gasteiger partial charge in [-0.05, 0) is 29.2 Å². The van der Waals surface area contributed by atoms with E-state index in [0.717, 1.165) is 17.9 Å². The van der Waals surface area contributed by atoms with Crippen LogP contribution in [0.5, 0.6) is 5.75 Å². The van der Waals surface area contributed by atoms with Crippen LogP contribution in [0.3, 0.4) is 0 Å². The lowest BCUT2D eigenvalue weighted by molar-refractivity contribution is 0.174. The van der Waals surface area contributed by atoms with Gasteiger partial charge in [0.05, 0.1) is 13.2 Å². The number of hydrogen-bond donors (Lipinski definition) is 2. The molecule has 3 nitrogen and oxygen atoms in total. The first kappa shape index (κ1) is 15.5. The summed E-state index contributed by atoms with van der Waals surface area (Å²) in [7, 11) is 1.63. The molecule has 0 amide bonds. The summed E-state index contributed by atoms with van der Waals surface area (Å²) >= 11 is 0. The first-order valence-electron chi connectivity index (χ1n) is 7.28. The Bertz CT molecular complexity index is 542. The van der Waals surface area contributed by atoms with Crippen LogP contribution in [0, 0.1) is 0 Å². The zero-order chi connectivity index (χ0) is 15.1. The van der Waals surface area contributed by atoms with Gasteiger partial charge in [-0.25, -0.2) is 0 Å². The van der Waals surface area contributed by atoms with Gasteiger partial charge < -0.3 is 15.2 Å². The van der Waals surface area contributed by atoms with Gasteiger partial charge in [0.25, 0.3) is 0 Å². The van der Waals surface area contributed by atoms with E-state index in [-0.39, 0.29) is 0 Å². The number of benzene rings is 2. The van der Waals surface area contributed by atoms with Gasteiger partial charge in [-0.2, -0.15) is 0 Å². The zero-order valence-electron chi connectivity index (χ0n) is 12.6. The number of nitrogens with one attached hydrogen (secondary N) is 1. The molecule has 0 aliphatic rings. The summed E-state index contributed by atoms with van der Waals surface area (Å²) in [5.41, 5.74) is 2.18. The molecule has 0 radical (unpaired) electrons.